The molecule has 3 aromatic carbocycles. The van der Waals surface area contributed by atoms with E-state index < -0.39 is 10.8 Å². The van der Waals surface area contributed by atoms with Crippen molar-refractivity contribution in [2.45, 2.75) is 6.54 Å². The molecule has 1 fully saturated rings. The first-order valence-electron chi connectivity index (χ1n) is 11.4. The summed E-state index contributed by atoms with van der Waals surface area (Å²) < 4.78 is 18.7. The molecule has 1 aliphatic heterocycles. The lowest BCUT2D eigenvalue weighted by molar-refractivity contribution is -0.384. The molecule has 0 saturated carbocycles. The number of ether oxygens (including phenoxy) is 1. The maximum atomic E-state index is 13.2. The summed E-state index contributed by atoms with van der Waals surface area (Å²) >= 11 is 0. The van der Waals surface area contributed by atoms with Gasteiger partial charge in [-0.25, -0.2) is 9.82 Å². The van der Waals surface area contributed by atoms with E-state index in [0.717, 1.165) is 48.7 Å². The smallest absolute Gasteiger partial charge is 0.271 e. The minimum absolute atomic E-state index is 0.150. The topological polar surface area (TPSA) is 100 Å². The van der Waals surface area contributed by atoms with Gasteiger partial charge in [0.05, 0.1) is 18.2 Å². The lowest BCUT2D eigenvalue weighted by Crippen LogP contribution is -2.46. The lowest BCUT2D eigenvalue weighted by Gasteiger charge is -2.36. The number of hydrogen-bond acceptors (Lipinski definition) is 7. The van der Waals surface area contributed by atoms with Gasteiger partial charge in [0, 0.05) is 61.7 Å². The summed E-state index contributed by atoms with van der Waals surface area (Å²) in [5, 5.41) is 14.9. The molecule has 1 N–H and O–H groups in total. The molecule has 0 bridgehead atoms. The van der Waals surface area contributed by atoms with E-state index in [4.69, 9.17) is 4.74 Å². The molecule has 9 nitrogen and oxygen atoms in total. The zero-order valence-corrected chi connectivity index (χ0v) is 19.8. The molecule has 0 atom stereocenters. The van der Waals surface area contributed by atoms with Crippen LogP contribution in [0.15, 0.2) is 71.8 Å². The van der Waals surface area contributed by atoms with Gasteiger partial charge in [-0.05, 0) is 54.1 Å². The molecule has 0 spiro atoms. The first-order chi connectivity index (χ1) is 17.4. The molecular formula is C26H26FN5O4. The molecule has 0 radical (unpaired) electrons. The van der Waals surface area contributed by atoms with E-state index in [1.807, 2.05) is 18.2 Å². The van der Waals surface area contributed by atoms with Crippen molar-refractivity contribution in [2.24, 2.45) is 5.10 Å². The first-order valence-corrected chi connectivity index (χ1v) is 11.4. The molecule has 186 valence electrons. The largest absolute Gasteiger partial charge is 0.496 e. The van der Waals surface area contributed by atoms with Crippen LogP contribution in [0.2, 0.25) is 0 Å². The monoisotopic (exact) mass is 491 g/mol. The van der Waals surface area contributed by atoms with Crippen LogP contribution in [0.4, 0.5) is 15.8 Å². The molecule has 1 amide bonds. The third-order valence-corrected chi connectivity index (χ3v) is 5.96. The summed E-state index contributed by atoms with van der Waals surface area (Å²) in [6.07, 6.45) is 1.52. The molecule has 0 aliphatic carbocycles. The fraction of sp³-hybridized carbons (Fsp3) is 0.231. The number of nitro groups is 1. The molecule has 1 heterocycles. The number of hydrazone groups is 1. The Balaban J connectivity index is 1.36. The van der Waals surface area contributed by atoms with Gasteiger partial charge in [-0.3, -0.25) is 19.8 Å². The third kappa shape index (κ3) is 6.22. The second-order valence-electron chi connectivity index (χ2n) is 8.32. The number of methoxy groups -OCH3 is 1. The number of hydrogen-bond donors (Lipinski definition) is 1. The number of benzene rings is 3. The van der Waals surface area contributed by atoms with Crippen molar-refractivity contribution in [3.63, 3.8) is 0 Å². The average Bonchev–Trinajstić information content (AvgIpc) is 2.90. The molecule has 0 unspecified atom stereocenters. The SMILES string of the molecule is COc1ccc(/C=N\NC(=O)c2cccc([N+](=O)[O-])c2)cc1CN1CCN(c2ccc(F)cc2)CC1. The summed E-state index contributed by atoms with van der Waals surface area (Å²) in [4.78, 5) is 27.2. The Hall–Kier alpha value is -4.31. The number of anilines is 1. The van der Waals surface area contributed by atoms with Crippen LogP contribution >= 0.6 is 0 Å². The van der Waals surface area contributed by atoms with Crippen molar-refractivity contribution in [2.75, 3.05) is 38.2 Å². The lowest BCUT2D eigenvalue weighted by atomic mass is 10.1. The molecule has 0 aromatic heterocycles. The Kier molecular flexibility index (Phi) is 7.86. The van der Waals surface area contributed by atoms with Crippen LogP contribution in [0.25, 0.3) is 0 Å². The highest BCUT2D eigenvalue weighted by Gasteiger charge is 2.19. The summed E-state index contributed by atoms with van der Waals surface area (Å²) in [6.45, 7) is 4.04. The second-order valence-corrected chi connectivity index (χ2v) is 8.32. The van der Waals surface area contributed by atoms with E-state index in [-0.39, 0.29) is 17.1 Å². The predicted octanol–water partition coefficient (Wildman–Crippen LogP) is 3.83. The number of carbonyl (C=O) groups is 1. The van der Waals surface area contributed by atoms with E-state index in [1.54, 1.807) is 19.2 Å². The Labute approximate surface area is 207 Å². The maximum absolute atomic E-state index is 13.2. The number of carbonyl (C=O) groups excluding carboxylic acids is 1. The van der Waals surface area contributed by atoms with Crippen molar-refractivity contribution in [3.05, 3.63) is 99.4 Å². The van der Waals surface area contributed by atoms with Crippen LogP contribution in [0.1, 0.15) is 21.5 Å². The van der Waals surface area contributed by atoms with Gasteiger partial charge < -0.3 is 9.64 Å². The van der Waals surface area contributed by atoms with Gasteiger partial charge in [-0.1, -0.05) is 6.07 Å². The number of nitrogens with zero attached hydrogens (tertiary/aromatic N) is 4. The normalized spacial score (nSPS) is 14.1. The highest BCUT2D eigenvalue weighted by Crippen LogP contribution is 2.23. The highest BCUT2D eigenvalue weighted by molar-refractivity contribution is 5.95. The third-order valence-electron chi connectivity index (χ3n) is 5.96. The number of non-ortho nitro benzene ring substituents is 1. The number of halogens is 1. The summed E-state index contributed by atoms with van der Waals surface area (Å²) in [5.41, 5.74) is 5.17. The van der Waals surface area contributed by atoms with Gasteiger partial charge in [-0.2, -0.15) is 5.10 Å². The molecular weight excluding hydrogens is 465 g/mol. The van der Waals surface area contributed by atoms with Crippen molar-refractivity contribution >= 4 is 23.5 Å². The van der Waals surface area contributed by atoms with E-state index >= 15 is 0 Å². The fourth-order valence-corrected chi connectivity index (χ4v) is 4.05. The first kappa shape index (κ1) is 24.8. The Bertz CT molecular complexity index is 1260. The number of nitrogens with one attached hydrogen (secondary N) is 1. The van der Waals surface area contributed by atoms with E-state index in [9.17, 15) is 19.3 Å². The molecule has 36 heavy (non-hydrogen) atoms. The number of piperazine rings is 1. The molecule has 3 aromatic rings. The standard InChI is InChI=1S/C26H26FN5O4/c1-36-25-10-5-19(17-28-29-26(33)20-3-2-4-24(16-20)32(34)35)15-21(25)18-30-11-13-31(14-12-30)23-8-6-22(27)7-9-23/h2-10,15-17H,11-14,18H2,1H3,(H,29,33)/b28-17-. The molecule has 1 aliphatic rings. The Morgan fingerprint density at radius 3 is 2.56 bits per heavy atom. The van der Waals surface area contributed by atoms with Crippen molar-refractivity contribution < 1.29 is 18.8 Å². The van der Waals surface area contributed by atoms with Gasteiger partial charge in [-0.15, -0.1) is 0 Å². The maximum Gasteiger partial charge on any atom is 0.271 e. The van der Waals surface area contributed by atoms with Crippen molar-refractivity contribution in [1.29, 1.82) is 0 Å². The summed E-state index contributed by atoms with van der Waals surface area (Å²) in [6, 6.07) is 17.7. The van der Waals surface area contributed by atoms with Crippen molar-refractivity contribution in [1.82, 2.24) is 10.3 Å². The van der Waals surface area contributed by atoms with Gasteiger partial charge in [0.2, 0.25) is 0 Å². The van der Waals surface area contributed by atoms with E-state index in [2.05, 4.69) is 20.3 Å². The van der Waals surface area contributed by atoms with Crippen LogP contribution < -0.4 is 15.1 Å². The molecule has 10 heteroatoms. The predicted molar refractivity (Wildman–Crippen MR) is 135 cm³/mol. The minimum Gasteiger partial charge on any atom is -0.496 e. The van der Waals surface area contributed by atoms with Crippen LogP contribution in [0.5, 0.6) is 5.75 Å². The fourth-order valence-electron chi connectivity index (χ4n) is 4.05. The van der Waals surface area contributed by atoms with E-state index in [1.165, 1.54) is 42.6 Å². The van der Waals surface area contributed by atoms with Crippen molar-refractivity contribution in [3.8, 4) is 5.75 Å². The minimum atomic E-state index is -0.554. The van der Waals surface area contributed by atoms with Gasteiger partial charge in [0.25, 0.3) is 11.6 Å². The Morgan fingerprint density at radius 1 is 1.11 bits per heavy atom. The average molecular weight is 492 g/mol. The summed E-state index contributed by atoms with van der Waals surface area (Å²) in [5.74, 6) is -0.0204. The van der Waals surface area contributed by atoms with Gasteiger partial charge >= 0.3 is 0 Å². The quantitative estimate of drug-likeness (QED) is 0.292. The van der Waals surface area contributed by atoms with Crippen LogP contribution in [0, 0.1) is 15.9 Å². The van der Waals surface area contributed by atoms with Gasteiger partial charge in [0.1, 0.15) is 11.6 Å². The number of amides is 1. The second kappa shape index (κ2) is 11.4. The Morgan fingerprint density at radius 2 is 1.86 bits per heavy atom. The van der Waals surface area contributed by atoms with Crippen LogP contribution in [0.3, 0.4) is 0 Å². The molecule has 1 saturated heterocycles. The van der Waals surface area contributed by atoms with E-state index in [0.29, 0.717) is 6.54 Å². The zero-order valence-electron chi connectivity index (χ0n) is 19.8. The zero-order chi connectivity index (χ0) is 25.5. The number of nitro benzene ring substituents is 1. The number of rotatable bonds is 8. The summed E-state index contributed by atoms with van der Waals surface area (Å²) in [7, 11) is 1.62. The highest BCUT2D eigenvalue weighted by atomic mass is 19.1. The van der Waals surface area contributed by atoms with Crippen LogP contribution in [-0.4, -0.2) is 55.2 Å². The van der Waals surface area contributed by atoms with Crippen LogP contribution in [-0.2, 0) is 6.54 Å². The molecule has 4 rings (SSSR count). The van der Waals surface area contributed by atoms with Gasteiger partial charge in [0.15, 0.2) is 0 Å².